The fourth-order valence-electron chi connectivity index (χ4n) is 1.84. The second kappa shape index (κ2) is 9.11. The highest BCUT2D eigenvalue weighted by molar-refractivity contribution is 5.60. The summed E-state index contributed by atoms with van der Waals surface area (Å²) in [4.78, 5) is 5.83. The minimum atomic E-state index is -0.102. The van der Waals surface area contributed by atoms with Gasteiger partial charge >= 0.3 is 0 Å². The number of benzene rings is 1. The Morgan fingerprint density at radius 3 is 2.48 bits per heavy atom. The van der Waals surface area contributed by atoms with E-state index < -0.39 is 0 Å². The number of rotatable bonds is 5. The van der Waals surface area contributed by atoms with Crippen LogP contribution in [-0.4, -0.2) is 17.6 Å². The molecule has 132 valence electrons. The molecule has 0 saturated heterocycles. The maximum absolute atomic E-state index is 5.83. The van der Waals surface area contributed by atoms with Gasteiger partial charge in [-0.3, -0.25) is 0 Å². The highest BCUT2D eigenvalue weighted by Crippen LogP contribution is 2.20. The lowest BCUT2D eigenvalue weighted by atomic mass is 10.1. The first kappa shape index (κ1) is 20.5. The number of hydroxylamine groups is 2. The molecule has 1 aromatic carbocycles. The topological polar surface area (TPSA) is 12.5 Å². The normalized spacial score (nSPS) is 12.0. The van der Waals surface area contributed by atoms with E-state index >= 15 is 0 Å². The Balaban J connectivity index is 3.01. The molecule has 0 aliphatic heterocycles. The van der Waals surface area contributed by atoms with Gasteiger partial charge in [-0.2, -0.15) is 0 Å². The van der Waals surface area contributed by atoms with Crippen LogP contribution in [0.3, 0.4) is 0 Å². The van der Waals surface area contributed by atoms with Crippen LogP contribution in [0.15, 0.2) is 66.8 Å². The first-order valence-corrected chi connectivity index (χ1v) is 8.36. The maximum Gasteiger partial charge on any atom is 0.147 e. The van der Waals surface area contributed by atoms with Crippen molar-refractivity contribution in [2.75, 3.05) is 7.05 Å². The van der Waals surface area contributed by atoms with Crippen LogP contribution in [0.1, 0.15) is 45.7 Å². The van der Waals surface area contributed by atoms with Gasteiger partial charge in [-0.15, -0.1) is 5.06 Å². The van der Waals surface area contributed by atoms with Crippen LogP contribution in [-0.2, 0) is 4.84 Å². The molecular weight excluding hydrogens is 306 g/mol. The van der Waals surface area contributed by atoms with Gasteiger partial charge in [0, 0.05) is 29.3 Å². The van der Waals surface area contributed by atoms with Gasteiger partial charge in [-0.05, 0) is 52.8 Å². The summed E-state index contributed by atoms with van der Waals surface area (Å²) < 4.78 is 0. The van der Waals surface area contributed by atoms with Crippen LogP contribution >= 0.6 is 0 Å². The largest absolute Gasteiger partial charge is 0.406 e. The second-order valence-corrected chi connectivity index (χ2v) is 6.96. The summed E-state index contributed by atoms with van der Waals surface area (Å²) in [5.74, 6) is 6.98. The van der Waals surface area contributed by atoms with Gasteiger partial charge in [0.05, 0.1) is 0 Å². The molecule has 0 unspecified atom stereocenters. The minimum Gasteiger partial charge on any atom is -0.406 e. The third-order valence-electron chi connectivity index (χ3n) is 3.48. The smallest absolute Gasteiger partial charge is 0.147 e. The van der Waals surface area contributed by atoms with E-state index in [1.54, 1.807) is 5.06 Å². The van der Waals surface area contributed by atoms with Crippen LogP contribution in [0.4, 0.5) is 0 Å². The molecule has 0 aliphatic rings. The number of allylic oxidation sites excluding steroid dienone is 5. The Hall–Kier alpha value is -2.50. The molecule has 1 rings (SSSR count). The molecule has 1 aromatic rings. The highest BCUT2D eigenvalue weighted by atomic mass is 16.7. The van der Waals surface area contributed by atoms with Gasteiger partial charge in [0.2, 0.25) is 0 Å². The Kier molecular flexibility index (Phi) is 7.48. The quantitative estimate of drug-likeness (QED) is 0.294. The molecular formula is C23H29NO. The molecule has 2 nitrogen and oxygen atoms in total. The Bertz CT molecular complexity index is 748. The van der Waals surface area contributed by atoms with Gasteiger partial charge in [0.15, 0.2) is 0 Å². The summed E-state index contributed by atoms with van der Waals surface area (Å²) >= 11 is 0. The summed E-state index contributed by atoms with van der Waals surface area (Å²) in [5, 5.41) is 1.80. The lowest BCUT2D eigenvalue weighted by molar-refractivity contribution is -0.128. The van der Waals surface area contributed by atoms with Gasteiger partial charge in [0.25, 0.3) is 0 Å². The zero-order valence-corrected chi connectivity index (χ0v) is 16.3. The summed E-state index contributed by atoms with van der Waals surface area (Å²) in [6.07, 6.45) is 5.92. The van der Waals surface area contributed by atoms with Crippen molar-refractivity contribution in [1.82, 2.24) is 5.06 Å². The van der Waals surface area contributed by atoms with Crippen LogP contribution in [0.5, 0.6) is 0 Å². The van der Waals surface area contributed by atoms with E-state index in [1.807, 2.05) is 63.4 Å². The molecule has 0 radical (unpaired) electrons. The average Bonchev–Trinajstić information content (AvgIpc) is 2.51. The summed E-state index contributed by atoms with van der Waals surface area (Å²) in [6, 6.07) is 7.90. The minimum absolute atomic E-state index is 0.102. The molecule has 0 aliphatic carbocycles. The zero-order chi connectivity index (χ0) is 19.0. The average molecular weight is 335 g/mol. The molecule has 0 atom stereocenters. The third kappa shape index (κ3) is 7.28. The second-order valence-electron chi connectivity index (χ2n) is 6.96. The van der Waals surface area contributed by atoms with Gasteiger partial charge < -0.3 is 4.84 Å². The molecule has 0 aromatic heterocycles. The van der Waals surface area contributed by atoms with Crippen molar-refractivity contribution in [1.29, 1.82) is 0 Å². The van der Waals surface area contributed by atoms with Crippen LogP contribution < -0.4 is 0 Å². The van der Waals surface area contributed by atoms with Crippen LogP contribution in [0, 0.1) is 11.8 Å². The van der Waals surface area contributed by atoms with Crippen molar-refractivity contribution in [2.45, 2.75) is 40.2 Å². The molecule has 0 bridgehead atoms. The van der Waals surface area contributed by atoms with E-state index in [2.05, 4.69) is 45.8 Å². The number of nitrogens with zero attached hydrogens (tertiary/aromatic N) is 1. The Labute approximate surface area is 153 Å². The van der Waals surface area contributed by atoms with E-state index in [4.69, 9.17) is 4.84 Å². The maximum atomic E-state index is 5.83. The summed E-state index contributed by atoms with van der Waals surface area (Å²) in [7, 11) is 1.90. The predicted molar refractivity (Wildman–Crippen MR) is 109 cm³/mol. The molecule has 0 heterocycles. The molecule has 0 fully saturated rings. The summed E-state index contributed by atoms with van der Waals surface area (Å²) in [6.45, 7) is 18.1. The van der Waals surface area contributed by atoms with E-state index in [0.29, 0.717) is 5.76 Å². The Morgan fingerprint density at radius 1 is 1.24 bits per heavy atom. The molecule has 0 saturated carbocycles. The monoisotopic (exact) mass is 335 g/mol. The molecule has 0 N–H and O–H groups in total. The lowest BCUT2D eigenvalue weighted by Gasteiger charge is -2.31. The van der Waals surface area contributed by atoms with Gasteiger partial charge in [0.1, 0.15) is 5.76 Å². The van der Waals surface area contributed by atoms with Crippen molar-refractivity contribution in [2.24, 2.45) is 0 Å². The van der Waals surface area contributed by atoms with Crippen molar-refractivity contribution in [3.05, 3.63) is 77.9 Å². The number of hydrogen-bond donors (Lipinski definition) is 0. The third-order valence-corrected chi connectivity index (χ3v) is 3.48. The molecule has 2 heteroatoms. The molecule has 0 amide bonds. The van der Waals surface area contributed by atoms with E-state index in [0.717, 1.165) is 22.3 Å². The SMILES string of the molecule is C=C(C)C=C(C#Cc1cccc(C(=C)ON(C)C(C)(C)C)c1)C=CC. The highest BCUT2D eigenvalue weighted by Gasteiger charge is 2.19. The van der Waals surface area contributed by atoms with Crippen molar-refractivity contribution in [3.8, 4) is 11.8 Å². The van der Waals surface area contributed by atoms with Crippen LogP contribution in [0.2, 0.25) is 0 Å². The fourth-order valence-corrected chi connectivity index (χ4v) is 1.84. The molecule has 0 spiro atoms. The lowest BCUT2D eigenvalue weighted by Crippen LogP contribution is -2.37. The van der Waals surface area contributed by atoms with Gasteiger partial charge in [-0.25, -0.2) is 0 Å². The predicted octanol–water partition coefficient (Wildman–Crippen LogP) is 5.75. The zero-order valence-electron chi connectivity index (χ0n) is 16.3. The standard InChI is InChI=1S/C23H29NO/c1-9-11-20(16-18(2)3)14-15-21-12-10-13-22(17-21)19(4)25-24(8)23(5,6)7/h9-13,16-17H,2,4H2,1,3,5-8H3. The van der Waals surface area contributed by atoms with Gasteiger partial charge in [-0.1, -0.05) is 54.9 Å². The summed E-state index contributed by atoms with van der Waals surface area (Å²) in [5.41, 5.74) is 3.64. The van der Waals surface area contributed by atoms with Crippen molar-refractivity contribution in [3.63, 3.8) is 0 Å². The first-order valence-electron chi connectivity index (χ1n) is 8.36. The van der Waals surface area contributed by atoms with Crippen molar-refractivity contribution < 1.29 is 4.84 Å². The first-order chi connectivity index (χ1) is 11.6. The van der Waals surface area contributed by atoms with Crippen LogP contribution in [0.25, 0.3) is 5.76 Å². The Morgan fingerprint density at radius 2 is 1.92 bits per heavy atom. The van der Waals surface area contributed by atoms with E-state index in [-0.39, 0.29) is 5.54 Å². The number of hydrogen-bond acceptors (Lipinski definition) is 2. The van der Waals surface area contributed by atoms with Crippen molar-refractivity contribution >= 4 is 5.76 Å². The fraction of sp³-hybridized carbons (Fsp3) is 0.304. The van der Waals surface area contributed by atoms with E-state index in [1.165, 1.54) is 0 Å². The molecule has 25 heavy (non-hydrogen) atoms. The van der Waals surface area contributed by atoms with E-state index in [9.17, 15) is 0 Å².